The summed E-state index contributed by atoms with van der Waals surface area (Å²) in [6.45, 7) is 0. The van der Waals surface area contributed by atoms with Crippen LogP contribution in [0.4, 0.5) is 13.2 Å². The van der Waals surface area contributed by atoms with Crippen LogP contribution in [0, 0.1) is 0 Å². The van der Waals surface area contributed by atoms with Gasteiger partial charge < -0.3 is 10.8 Å². The minimum absolute atomic E-state index is 0.253. The SMILES string of the molecule is NC(=O)c1cc2cnccn2n1.O=C(O)C(F)(F)F. The van der Waals surface area contributed by atoms with Gasteiger partial charge in [-0.25, -0.2) is 9.31 Å². The van der Waals surface area contributed by atoms with Gasteiger partial charge in [-0.2, -0.15) is 18.3 Å². The maximum Gasteiger partial charge on any atom is 0.490 e. The van der Waals surface area contributed by atoms with Crippen LogP contribution in [0.5, 0.6) is 0 Å². The number of halogens is 3. The highest BCUT2D eigenvalue weighted by Gasteiger charge is 2.38. The molecule has 3 N–H and O–H groups in total. The molecule has 1 amide bonds. The Hall–Kier alpha value is -2.65. The average Bonchev–Trinajstić information content (AvgIpc) is 2.72. The van der Waals surface area contributed by atoms with Gasteiger partial charge in [0.2, 0.25) is 0 Å². The van der Waals surface area contributed by atoms with Gasteiger partial charge in [0.1, 0.15) is 0 Å². The molecule has 10 heteroatoms. The highest BCUT2D eigenvalue weighted by Crippen LogP contribution is 2.13. The first kappa shape index (κ1) is 14.4. The molecule has 0 atom stereocenters. The van der Waals surface area contributed by atoms with Crippen molar-refractivity contribution in [1.82, 2.24) is 14.6 Å². The van der Waals surface area contributed by atoms with Gasteiger partial charge >= 0.3 is 12.1 Å². The standard InChI is InChI=1S/C7H6N4O.C2HF3O2/c8-7(12)6-3-5-4-9-1-2-11(5)10-6;3-2(4,5)1(6)7/h1-4H,(H2,8,12);(H,6,7). The number of rotatable bonds is 1. The maximum absolute atomic E-state index is 10.7. The minimum Gasteiger partial charge on any atom is -0.475 e. The highest BCUT2D eigenvalue weighted by atomic mass is 19.4. The lowest BCUT2D eigenvalue weighted by Crippen LogP contribution is -2.21. The van der Waals surface area contributed by atoms with Crippen molar-refractivity contribution in [2.75, 3.05) is 0 Å². The first-order chi connectivity index (χ1) is 8.71. The van der Waals surface area contributed by atoms with E-state index in [2.05, 4.69) is 10.1 Å². The second kappa shape index (κ2) is 5.33. The Labute approximate surface area is 103 Å². The number of primary amides is 1. The zero-order valence-corrected chi connectivity index (χ0v) is 9.13. The summed E-state index contributed by atoms with van der Waals surface area (Å²) in [5.41, 5.74) is 6.05. The van der Waals surface area contributed by atoms with Crippen molar-refractivity contribution in [3.63, 3.8) is 0 Å². The Morgan fingerprint density at radius 2 is 1.95 bits per heavy atom. The molecule has 0 radical (unpaired) electrons. The number of aromatic nitrogens is 3. The summed E-state index contributed by atoms with van der Waals surface area (Å²) in [6, 6.07) is 1.59. The topological polar surface area (TPSA) is 111 Å². The van der Waals surface area contributed by atoms with E-state index in [1.165, 1.54) is 0 Å². The fraction of sp³-hybridized carbons (Fsp3) is 0.111. The largest absolute Gasteiger partial charge is 0.490 e. The maximum atomic E-state index is 10.7. The number of carboxylic acid groups (broad SMARTS) is 1. The second-order valence-electron chi connectivity index (χ2n) is 3.14. The molecule has 0 aliphatic heterocycles. The molecule has 2 heterocycles. The molecule has 2 rings (SSSR count). The van der Waals surface area contributed by atoms with Crippen LogP contribution in [-0.4, -0.2) is 37.8 Å². The van der Waals surface area contributed by atoms with E-state index in [0.717, 1.165) is 5.52 Å². The van der Waals surface area contributed by atoms with E-state index in [9.17, 15) is 18.0 Å². The number of nitrogens with two attached hydrogens (primary N) is 1. The van der Waals surface area contributed by atoms with Gasteiger partial charge in [0.25, 0.3) is 5.91 Å². The number of fused-ring (bicyclic) bond motifs is 1. The molecule has 0 fully saturated rings. The third-order valence-corrected chi connectivity index (χ3v) is 1.76. The molecular weight excluding hydrogens is 269 g/mol. The van der Waals surface area contributed by atoms with Crippen molar-refractivity contribution in [3.8, 4) is 0 Å². The zero-order chi connectivity index (χ0) is 14.6. The Morgan fingerprint density at radius 1 is 1.37 bits per heavy atom. The molecule has 0 saturated carbocycles. The molecule has 0 aromatic carbocycles. The van der Waals surface area contributed by atoms with Crippen LogP contribution >= 0.6 is 0 Å². The lowest BCUT2D eigenvalue weighted by Gasteiger charge is -1.93. The van der Waals surface area contributed by atoms with Crippen molar-refractivity contribution in [2.45, 2.75) is 6.18 Å². The monoisotopic (exact) mass is 276 g/mol. The number of hydrogen-bond acceptors (Lipinski definition) is 4. The predicted octanol–water partition coefficient (Wildman–Crippen LogP) is 0.461. The molecule has 0 saturated heterocycles. The van der Waals surface area contributed by atoms with Crippen molar-refractivity contribution in [1.29, 1.82) is 0 Å². The van der Waals surface area contributed by atoms with Gasteiger partial charge in [-0.1, -0.05) is 0 Å². The zero-order valence-electron chi connectivity index (χ0n) is 9.13. The van der Waals surface area contributed by atoms with Crippen LogP contribution in [-0.2, 0) is 4.79 Å². The lowest BCUT2D eigenvalue weighted by molar-refractivity contribution is -0.192. The van der Waals surface area contributed by atoms with Gasteiger partial charge in [0.15, 0.2) is 5.69 Å². The third-order valence-electron chi connectivity index (χ3n) is 1.76. The van der Waals surface area contributed by atoms with Gasteiger partial charge in [-0.3, -0.25) is 9.78 Å². The molecule has 0 aliphatic rings. The minimum atomic E-state index is -5.08. The Morgan fingerprint density at radius 3 is 2.37 bits per heavy atom. The first-order valence-corrected chi connectivity index (χ1v) is 4.61. The van der Waals surface area contributed by atoms with E-state index < -0.39 is 18.1 Å². The van der Waals surface area contributed by atoms with Crippen LogP contribution in [0.2, 0.25) is 0 Å². The van der Waals surface area contributed by atoms with Crippen LogP contribution in [0.15, 0.2) is 24.7 Å². The Balaban J connectivity index is 0.000000224. The molecule has 2 aromatic rings. The molecule has 0 spiro atoms. The van der Waals surface area contributed by atoms with Gasteiger partial charge in [-0.05, 0) is 6.07 Å². The summed E-state index contributed by atoms with van der Waals surface area (Å²) in [5.74, 6) is -3.29. The Kier molecular flexibility index (Phi) is 4.04. The lowest BCUT2D eigenvalue weighted by atomic mass is 10.4. The number of amides is 1. The molecule has 0 bridgehead atoms. The van der Waals surface area contributed by atoms with Gasteiger partial charge in [-0.15, -0.1) is 0 Å². The number of alkyl halides is 3. The van der Waals surface area contributed by atoms with E-state index in [1.54, 1.807) is 29.2 Å². The summed E-state index contributed by atoms with van der Waals surface area (Å²) in [7, 11) is 0. The van der Waals surface area contributed by atoms with Crippen molar-refractivity contribution >= 4 is 17.4 Å². The number of nitrogens with zero attached hydrogens (tertiary/aromatic N) is 3. The fourth-order valence-electron chi connectivity index (χ4n) is 0.966. The van der Waals surface area contributed by atoms with E-state index in [0.29, 0.717) is 0 Å². The number of carbonyl (C=O) groups is 2. The van der Waals surface area contributed by atoms with Crippen LogP contribution in [0.3, 0.4) is 0 Å². The van der Waals surface area contributed by atoms with Crippen molar-refractivity contribution in [2.24, 2.45) is 5.73 Å². The molecule has 0 unspecified atom stereocenters. The highest BCUT2D eigenvalue weighted by molar-refractivity contribution is 5.92. The van der Waals surface area contributed by atoms with Gasteiger partial charge in [0, 0.05) is 12.4 Å². The average molecular weight is 276 g/mol. The first-order valence-electron chi connectivity index (χ1n) is 4.61. The molecule has 2 aromatic heterocycles. The van der Waals surface area contributed by atoms with Crippen molar-refractivity contribution in [3.05, 3.63) is 30.4 Å². The quantitative estimate of drug-likeness (QED) is 0.786. The number of carbonyl (C=O) groups excluding carboxylic acids is 1. The van der Waals surface area contributed by atoms with E-state index in [1.807, 2.05) is 0 Å². The van der Waals surface area contributed by atoms with Crippen LogP contribution in [0.25, 0.3) is 5.52 Å². The third kappa shape index (κ3) is 3.94. The molecule has 7 nitrogen and oxygen atoms in total. The molecule has 0 aliphatic carbocycles. The number of aliphatic carboxylic acids is 1. The second-order valence-corrected chi connectivity index (χ2v) is 3.14. The molecular formula is C9H7F3N4O3. The van der Waals surface area contributed by atoms with Crippen LogP contribution in [0.1, 0.15) is 10.5 Å². The number of carboxylic acids is 1. The Bertz CT molecular complexity index is 575. The van der Waals surface area contributed by atoms with Crippen molar-refractivity contribution < 1.29 is 27.9 Å². The fourth-order valence-corrected chi connectivity index (χ4v) is 0.966. The normalized spacial score (nSPS) is 10.7. The molecule has 19 heavy (non-hydrogen) atoms. The summed E-state index contributed by atoms with van der Waals surface area (Å²) in [6.07, 6.45) is -0.230. The predicted molar refractivity (Wildman–Crippen MR) is 55.2 cm³/mol. The van der Waals surface area contributed by atoms with Crippen LogP contribution < -0.4 is 5.73 Å². The summed E-state index contributed by atoms with van der Waals surface area (Å²) >= 11 is 0. The van der Waals surface area contributed by atoms with E-state index in [-0.39, 0.29) is 5.69 Å². The molecule has 102 valence electrons. The van der Waals surface area contributed by atoms with Gasteiger partial charge in [0.05, 0.1) is 11.7 Å². The summed E-state index contributed by atoms with van der Waals surface area (Å²) < 4.78 is 33.3. The summed E-state index contributed by atoms with van der Waals surface area (Å²) in [5, 5.41) is 11.0. The smallest absolute Gasteiger partial charge is 0.475 e. The summed E-state index contributed by atoms with van der Waals surface area (Å²) in [4.78, 5) is 23.5. The van der Waals surface area contributed by atoms with E-state index >= 15 is 0 Å². The van der Waals surface area contributed by atoms with E-state index in [4.69, 9.17) is 15.6 Å². The number of hydrogen-bond donors (Lipinski definition) is 2.